The summed E-state index contributed by atoms with van der Waals surface area (Å²) in [6, 6.07) is 4.67. The van der Waals surface area contributed by atoms with Crippen molar-refractivity contribution in [2.75, 3.05) is 20.8 Å². The summed E-state index contributed by atoms with van der Waals surface area (Å²) in [4.78, 5) is 14.3. The summed E-state index contributed by atoms with van der Waals surface area (Å²) in [6.07, 6.45) is 0. The van der Waals surface area contributed by atoms with E-state index in [1.807, 2.05) is 18.7 Å². The molecular weight excluding hydrogens is 383 g/mol. The predicted octanol–water partition coefficient (Wildman–Crippen LogP) is 3.71. The molecule has 0 saturated heterocycles. The average molecular weight is 403 g/mol. The van der Waals surface area contributed by atoms with Crippen molar-refractivity contribution in [1.29, 1.82) is 0 Å². The molecule has 1 N–H and O–H groups in total. The minimum atomic E-state index is -0.544. The highest BCUT2D eigenvalue weighted by Gasteiger charge is 2.37. The van der Waals surface area contributed by atoms with Crippen LogP contribution in [0.1, 0.15) is 25.5 Å². The monoisotopic (exact) mass is 402 g/mol. The molecular formula is C17H20Cl2N2O3S. The fourth-order valence-corrected chi connectivity index (χ4v) is 3.81. The first-order valence-electron chi connectivity index (χ1n) is 7.65. The standard InChI is InChI=1S/C17H20Cl2N2O3S/c1-9(8-23-3)21-10(2)13(16(22)24-4)15(20-17(21)25)11-6-5-7-12(18)14(11)19/h5-7,9,15H,8H2,1-4H3,(H,20,25)/t9-,15-/m0/s1. The molecule has 0 aromatic heterocycles. The Balaban J connectivity index is 2.60. The van der Waals surface area contributed by atoms with Crippen LogP contribution in [0.15, 0.2) is 29.5 Å². The van der Waals surface area contributed by atoms with E-state index in [1.165, 1.54) is 7.11 Å². The van der Waals surface area contributed by atoms with Crippen LogP contribution < -0.4 is 5.32 Å². The number of thiocarbonyl (C=S) groups is 1. The lowest BCUT2D eigenvalue weighted by molar-refractivity contribution is -0.136. The van der Waals surface area contributed by atoms with Crippen LogP contribution >= 0.6 is 35.4 Å². The fraction of sp³-hybridized carbons (Fsp3) is 0.412. The van der Waals surface area contributed by atoms with Gasteiger partial charge in [0.15, 0.2) is 5.11 Å². The minimum Gasteiger partial charge on any atom is -0.466 e. The van der Waals surface area contributed by atoms with Crippen LogP contribution in [0.3, 0.4) is 0 Å². The molecule has 2 atom stereocenters. The molecule has 0 spiro atoms. The number of benzene rings is 1. The largest absolute Gasteiger partial charge is 0.466 e. The molecule has 0 saturated carbocycles. The van der Waals surface area contributed by atoms with Gasteiger partial charge in [-0.2, -0.15) is 0 Å². The molecule has 2 rings (SSSR count). The Kier molecular flexibility index (Phi) is 6.68. The molecule has 0 radical (unpaired) electrons. The summed E-state index contributed by atoms with van der Waals surface area (Å²) in [5.74, 6) is -0.455. The summed E-state index contributed by atoms with van der Waals surface area (Å²) in [5.41, 5.74) is 1.79. The minimum absolute atomic E-state index is 0.0551. The Hall–Kier alpha value is -1.34. The molecule has 5 nitrogen and oxygen atoms in total. The second-order valence-corrected chi connectivity index (χ2v) is 6.86. The molecule has 1 aromatic carbocycles. The van der Waals surface area contributed by atoms with Crippen LogP contribution in [0.2, 0.25) is 10.0 Å². The van der Waals surface area contributed by atoms with Gasteiger partial charge in [0.25, 0.3) is 0 Å². The van der Waals surface area contributed by atoms with E-state index in [0.717, 1.165) is 0 Å². The third-order valence-electron chi connectivity index (χ3n) is 4.07. The quantitative estimate of drug-likeness (QED) is 0.598. The van der Waals surface area contributed by atoms with Gasteiger partial charge < -0.3 is 19.7 Å². The van der Waals surface area contributed by atoms with Crippen molar-refractivity contribution < 1.29 is 14.3 Å². The van der Waals surface area contributed by atoms with Gasteiger partial charge in [0.2, 0.25) is 0 Å². The molecule has 0 amide bonds. The van der Waals surface area contributed by atoms with E-state index in [0.29, 0.717) is 38.6 Å². The number of hydrogen-bond donors (Lipinski definition) is 1. The van der Waals surface area contributed by atoms with Gasteiger partial charge in [0, 0.05) is 12.8 Å². The Labute approximate surface area is 162 Å². The van der Waals surface area contributed by atoms with E-state index in [9.17, 15) is 4.79 Å². The van der Waals surface area contributed by atoms with Crippen molar-refractivity contribution in [1.82, 2.24) is 10.2 Å². The number of nitrogens with one attached hydrogen (secondary N) is 1. The molecule has 136 valence electrons. The van der Waals surface area contributed by atoms with E-state index in [4.69, 9.17) is 44.9 Å². The SMILES string of the molecule is COC[C@H](C)N1C(=S)N[C@@H](c2cccc(Cl)c2Cl)C(C(=O)OC)=C1C. The van der Waals surface area contributed by atoms with Crippen LogP contribution in [-0.4, -0.2) is 42.8 Å². The van der Waals surface area contributed by atoms with E-state index >= 15 is 0 Å². The van der Waals surface area contributed by atoms with Crippen molar-refractivity contribution in [2.24, 2.45) is 0 Å². The lowest BCUT2D eigenvalue weighted by Gasteiger charge is -2.40. The maximum atomic E-state index is 12.5. The number of esters is 1. The van der Waals surface area contributed by atoms with Crippen molar-refractivity contribution in [3.8, 4) is 0 Å². The Morgan fingerprint density at radius 3 is 2.68 bits per heavy atom. The molecule has 0 fully saturated rings. The summed E-state index contributed by atoms with van der Waals surface area (Å²) in [7, 11) is 2.96. The van der Waals surface area contributed by atoms with E-state index < -0.39 is 12.0 Å². The zero-order chi connectivity index (χ0) is 18.7. The highest BCUT2D eigenvalue weighted by molar-refractivity contribution is 7.80. The molecule has 0 unspecified atom stereocenters. The summed E-state index contributed by atoms with van der Waals surface area (Å²) < 4.78 is 10.2. The van der Waals surface area contributed by atoms with Crippen molar-refractivity contribution >= 4 is 46.5 Å². The van der Waals surface area contributed by atoms with Crippen LogP contribution in [0.5, 0.6) is 0 Å². The number of carbonyl (C=O) groups is 1. The van der Waals surface area contributed by atoms with Gasteiger partial charge in [0.05, 0.1) is 41.4 Å². The van der Waals surface area contributed by atoms with Gasteiger partial charge in [-0.3, -0.25) is 0 Å². The number of hydrogen-bond acceptors (Lipinski definition) is 4. The van der Waals surface area contributed by atoms with Crippen LogP contribution in [0.4, 0.5) is 0 Å². The maximum Gasteiger partial charge on any atom is 0.337 e. The molecule has 1 aliphatic rings. The Morgan fingerprint density at radius 1 is 1.40 bits per heavy atom. The van der Waals surface area contributed by atoms with Gasteiger partial charge in [-0.15, -0.1) is 0 Å². The molecule has 1 aromatic rings. The van der Waals surface area contributed by atoms with E-state index in [1.54, 1.807) is 25.3 Å². The highest BCUT2D eigenvalue weighted by atomic mass is 35.5. The van der Waals surface area contributed by atoms with Gasteiger partial charge in [0.1, 0.15) is 0 Å². The van der Waals surface area contributed by atoms with Gasteiger partial charge in [-0.25, -0.2) is 4.79 Å². The van der Waals surface area contributed by atoms with Crippen molar-refractivity contribution in [2.45, 2.75) is 25.9 Å². The first-order chi connectivity index (χ1) is 11.8. The highest BCUT2D eigenvalue weighted by Crippen LogP contribution is 2.37. The number of halogens is 2. The molecule has 8 heteroatoms. The third-order valence-corrected chi connectivity index (χ3v) is 5.22. The lowest BCUT2D eigenvalue weighted by Crippen LogP contribution is -2.52. The molecule has 0 bridgehead atoms. The van der Waals surface area contributed by atoms with Crippen LogP contribution in [0, 0.1) is 0 Å². The average Bonchev–Trinajstić information content (AvgIpc) is 2.56. The second kappa shape index (κ2) is 8.36. The smallest absolute Gasteiger partial charge is 0.337 e. The second-order valence-electron chi connectivity index (χ2n) is 5.69. The molecule has 1 heterocycles. The number of nitrogens with zero attached hydrogens (tertiary/aromatic N) is 1. The van der Waals surface area contributed by atoms with E-state index in [2.05, 4.69) is 5.32 Å². The van der Waals surface area contributed by atoms with Gasteiger partial charge in [-0.05, 0) is 37.7 Å². The van der Waals surface area contributed by atoms with Crippen molar-refractivity contribution in [3.05, 3.63) is 45.1 Å². The van der Waals surface area contributed by atoms with Crippen LogP contribution in [0.25, 0.3) is 0 Å². The Morgan fingerprint density at radius 2 is 2.08 bits per heavy atom. The van der Waals surface area contributed by atoms with Crippen molar-refractivity contribution in [3.63, 3.8) is 0 Å². The zero-order valence-electron chi connectivity index (χ0n) is 14.4. The molecule has 0 aliphatic carbocycles. The third kappa shape index (κ3) is 3.92. The Bertz CT molecular complexity index is 724. The number of ether oxygens (including phenoxy) is 2. The number of rotatable bonds is 5. The number of carbonyl (C=O) groups excluding carboxylic acids is 1. The summed E-state index contributed by atoms with van der Waals surface area (Å²) in [5, 5.41) is 4.45. The number of allylic oxidation sites excluding steroid dienone is 1. The normalized spacial score (nSPS) is 18.9. The molecule has 1 aliphatic heterocycles. The van der Waals surface area contributed by atoms with E-state index in [-0.39, 0.29) is 6.04 Å². The predicted molar refractivity (Wildman–Crippen MR) is 103 cm³/mol. The first-order valence-corrected chi connectivity index (χ1v) is 8.81. The fourth-order valence-electron chi connectivity index (χ4n) is 2.95. The van der Waals surface area contributed by atoms with Gasteiger partial charge in [-0.1, -0.05) is 35.3 Å². The summed E-state index contributed by atoms with van der Waals surface area (Å²) >= 11 is 18.0. The zero-order valence-corrected chi connectivity index (χ0v) is 16.8. The first kappa shape index (κ1) is 20.0. The van der Waals surface area contributed by atoms with Gasteiger partial charge >= 0.3 is 5.97 Å². The lowest BCUT2D eigenvalue weighted by atomic mass is 9.94. The van der Waals surface area contributed by atoms with Crippen LogP contribution in [-0.2, 0) is 14.3 Å². The maximum absolute atomic E-state index is 12.5. The topological polar surface area (TPSA) is 50.8 Å². The summed E-state index contributed by atoms with van der Waals surface area (Å²) in [6.45, 7) is 4.25. The molecule has 25 heavy (non-hydrogen) atoms. The number of methoxy groups -OCH3 is 2.